The summed E-state index contributed by atoms with van der Waals surface area (Å²) in [6.07, 6.45) is 1.03. The number of carbonyl (C=O) groups is 1. The Morgan fingerprint density at radius 1 is 1.06 bits per heavy atom. The number of rotatable bonds is 9. The molecule has 7 nitrogen and oxygen atoms in total. The zero-order valence-corrected chi connectivity index (χ0v) is 21.1. The highest BCUT2D eigenvalue weighted by Crippen LogP contribution is 2.34. The minimum absolute atomic E-state index is 0.202. The van der Waals surface area contributed by atoms with Gasteiger partial charge in [0.15, 0.2) is 0 Å². The number of methoxy groups -OCH3 is 2. The van der Waals surface area contributed by atoms with E-state index in [1.54, 1.807) is 19.2 Å². The maximum absolute atomic E-state index is 12.9. The van der Waals surface area contributed by atoms with Crippen molar-refractivity contribution in [1.82, 2.24) is 5.32 Å². The number of sulfonamides is 1. The van der Waals surface area contributed by atoms with Gasteiger partial charge in [-0.25, -0.2) is 8.42 Å². The van der Waals surface area contributed by atoms with E-state index in [4.69, 9.17) is 21.1 Å². The fraction of sp³-hybridized carbons (Fsp3) is 0.435. The van der Waals surface area contributed by atoms with Crippen molar-refractivity contribution in [3.8, 4) is 11.5 Å². The second-order valence-electron chi connectivity index (χ2n) is 7.98. The molecule has 2 aromatic rings. The molecule has 2 rings (SSSR count). The highest BCUT2D eigenvalue weighted by molar-refractivity contribution is 7.92. The molecule has 0 saturated heterocycles. The van der Waals surface area contributed by atoms with E-state index < -0.39 is 22.5 Å². The van der Waals surface area contributed by atoms with Crippen LogP contribution in [0.3, 0.4) is 0 Å². The Bertz CT molecular complexity index is 1090. The first-order valence-electron chi connectivity index (χ1n) is 10.2. The summed E-state index contributed by atoms with van der Waals surface area (Å²) in [4.78, 5) is 12.9. The molecular weight excluding hydrogens is 452 g/mol. The van der Waals surface area contributed by atoms with Crippen molar-refractivity contribution >= 4 is 33.2 Å². The first-order valence-corrected chi connectivity index (χ1v) is 12.4. The van der Waals surface area contributed by atoms with Crippen molar-refractivity contribution < 1.29 is 22.7 Å². The lowest BCUT2D eigenvalue weighted by molar-refractivity contribution is -0.120. The predicted molar refractivity (Wildman–Crippen MR) is 129 cm³/mol. The summed E-state index contributed by atoms with van der Waals surface area (Å²) in [7, 11) is -0.722. The smallest absolute Gasteiger partial charge is 0.241 e. The molecule has 0 radical (unpaired) electrons. The highest BCUT2D eigenvalue weighted by atomic mass is 35.5. The van der Waals surface area contributed by atoms with Crippen molar-refractivity contribution in [2.75, 3.05) is 31.3 Å². The van der Waals surface area contributed by atoms with Crippen LogP contribution in [0.5, 0.6) is 11.5 Å². The molecule has 2 aromatic carbocycles. The normalized spacial score (nSPS) is 12.4. The number of halogens is 1. The molecule has 1 N–H and O–H groups in total. The van der Waals surface area contributed by atoms with Gasteiger partial charge in [-0.3, -0.25) is 9.10 Å². The number of nitrogens with zero attached hydrogens (tertiary/aromatic N) is 1. The zero-order valence-electron chi connectivity index (χ0n) is 19.5. The van der Waals surface area contributed by atoms with Crippen molar-refractivity contribution in [1.29, 1.82) is 0 Å². The van der Waals surface area contributed by atoms with Crippen molar-refractivity contribution in [2.45, 2.75) is 39.7 Å². The molecule has 0 heterocycles. The SMILES string of the molecule is COc1cc(C)c([C@H](C)NC(=O)CN(c2cc(Cl)ccc2OC)S(C)(=O)=O)cc1C(C)C. The fourth-order valence-corrected chi connectivity index (χ4v) is 4.56. The number of hydrogen-bond donors (Lipinski definition) is 1. The third-order valence-electron chi connectivity index (χ3n) is 5.18. The second-order valence-corrected chi connectivity index (χ2v) is 10.3. The largest absolute Gasteiger partial charge is 0.496 e. The van der Waals surface area contributed by atoms with E-state index in [1.165, 1.54) is 13.2 Å². The van der Waals surface area contributed by atoms with Crippen LogP contribution in [0.1, 0.15) is 49.4 Å². The van der Waals surface area contributed by atoms with Gasteiger partial charge in [-0.05, 0) is 66.8 Å². The Morgan fingerprint density at radius 3 is 2.22 bits per heavy atom. The van der Waals surface area contributed by atoms with Crippen LogP contribution in [-0.4, -0.2) is 41.3 Å². The molecule has 0 aromatic heterocycles. The monoisotopic (exact) mass is 482 g/mol. The van der Waals surface area contributed by atoms with Gasteiger partial charge in [-0.2, -0.15) is 0 Å². The number of carbonyl (C=O) groups excluding carboxylic acids is 1. The number of nitrogens with one attached hydrogen (secondary N) is 1. The lowest BCUT2D eigenvalue weighted by Crippen LogP contribution is -2.41. The number of ether oxygens (including phenoxy) is 2. The number of aryl methyl sites for hydroxylation is 1. The standard InChI is InChI=1S/C23H31ClN2O5S/c1-14(2)18-12-19(15(3)10-22(18)31-6)16(4)25-23(27)13-26(32(7,28)29)20-11-17(24)8-9-21(20)30-5/h8-12,14,16H,13H2,1-7H3,(H,25,27)/t16-/m0/s1. The molecule has 176 valence electrons. The topological polar surface area (TPSA) is 84.9 Å². The van der Waals surface area contributed by atoms with E-state index in [0.717, 1.165) is 33.0 Å². The Morgan fingerprint density at radius 2 is 1.69 bits per heavy atom. The maximum atomic E-state index is 12.9. The molecule has 0 unspecified atom stereocenters. The summed E-state index contributed by atoms with van der Waals surface area (Å²) < 4.78 is 36.7. The maximum Gasteiger partial charge on any atom is 0.241 e. The summed E-state index contributed by atoms with van der Waals surface area (Å²) >= 11 is 6.06. The molecule has 9 heteroatoms. The van der Waals surface area contributed by atoms with Crippen LogP contribution < -0.4 is 19.1 Å². The van der Waals surface area contributed by atoms with Crippen LogP contribution in [-0.2, 0) is 14.8 Å². The molecule has 32 heavy (non-hydrogen) atoms. The van der Waals surface area contributed by atoms with Crippen molar-refractivity contribution in [3.05, 3.63) is 52.0 Å². The van der Waals surface area contributed by atoms with Crippen LogP contribution in [0.2, 0.25) is 5.02 Å². The Labute approximate surface area is 195 Å². The van der Waals surface area contributed by atoms with E-state index in [-0.39, 0.29) is 17.6 Å². The average molecular weight is 483 g/mol. The molecule has 0 aliphatic carbocycles. The van der Waals surface area contributed by atoms with Gasteiger partial charge in [0, 0.05) is 5.02 Å². The molecule has 0 aliphatic rings. The molecule has 0 saturated carbocycles. The Hall–Kier alpha value is -2.45. The first kappa shape index (κ1) is 25.8. The molecule has 0 aliphatic heterocycles. The number of hydrogen-bond acceptors (Lipinski definition) is 5. The zero-order chi connectivity index (χ0) is 24.2. The van der Waals surface area contributed by atoms with E-state index in [9.17, 15) is 13.2 Å². The molecule has 0 fully saturated rings. The van der Waals surface area contributed by atoms with Gasteiger partial charge in [-0.1, -0.05) is 25.4 Å². The minimum Gasteiger partial charge on any atom is -0.496 e. The van der Waals surface area contributed by atoms with Gasteiger partial charge in [-0.15, -0.1) is 0 Å². The molecule has 0 bridgehead atoms. The minimum atomic E-state index is -3.78. The molecule has 0 spiro atoms. The molecule has 1 amide bonds. The summed E-state index contributed by atoms with van der Waals surface area (Å²) in [5.41, 5.74) is 3.15. The lowest BCUT2D eigenvalue weighted by atomic mass is 9.93. The van der Waals surface area contributed by atoms with Crippen LogP contribution in [0.15, 0.2) is 30.3 Å². The van der Waals surface area contributed by atoms with E-state index in [1.807, 2.05) is 26.0 Å². The first-order chi connectivity index (χ1) is 14.9. The van der Waals surface area contributed by atoms with Crippen molar-refractivity contribution in [3.63, 3.8) is 0 Å². The van der Waals surface area contributed by atoms with Crippen molar-refractivity contribution in [2.24, 2.45) is 0 Å². The van der Waals surface area contributed by atoms with Gasteiger partial charge in [0.05, 0.1) is 32.2 Å². The van der Waals surface area contributed by atoms with Gasteiger partial charge in [0.2, 0.25) is 15.9 Å². The summed E-state index contributed by atoms with van der Waals surface area (Å²) in [5, 5.41) is 3.24. The van der Waals surface area contributed by atoms with Crippen LogP contribution >= 0.6 is 11.6 Å². The molecular formula is C23H31ClN2O5S. The summed E-state index contributed by atoms with van der Waals surface area (Å²) in [6, 6.07) is 8.25. The Kier molecular flexibility index (Phi) is 8.42. The van der Waals surface area contributed by atoms with E-state index >= 15 is 0 Å². The van der Waals surface area contributed by atoms with Crippen LogP contribution in [0, 0.1) is 6.92 Å². The van der Waals surface area contributed by atoms with E-state index in [0.29, 0.717) is 10.8 Å². The highest BCUT2D eigenvalue weighted by Gasteiger charge is 2.25. The van der Waals surface area contributed by atoms with Gasteiger partial charge in [0.25, 0.3) is 0 Å². The number of amides is 1. The average Bonchev–Trinajstić information content (AvgIpc) is 2.70. The van der Waals surface area contributed by atoms with Gasteiger partial charge >= 0.3 is 0 Å². The lowest BCUT2D eigenvalue weighted by Gasteiger charge is -2.25. The number of benzene rings is 2. The fourth-order valence-electron chi connectivity index (χ4n) is 3.54. The molecule has 1 atom stereocenters. The number of anilines is 1. The second kappa shape index (κ2) is 10.4. The van der Waals surface area contributed by atoms with Gasteiger partial charge in [0.1, 0.15) is 18.0 Å². The third-order valence-corrected chi connectivity index (χ3v) is 6.54. The third kappa shape index (κ3) is 6.07. The van der Waals surface area contributed by atoms with Crippen LogP contribution in [0.4, 0.5) is 5.69 Å². The summed E-state index contributed by atoms with van der Waals surface area (Å²) in [5.74, 6) is 0.888. The quantitative estimate of drug-likeness (QED) is 0.571. The van der Waals surface area contributed by atoms with Gasteiger partial charge < -0.3 is 14.8 Å². The summed E-state index contributed by atoms with van der Waals surface area (Å²) in [6.45, 7) is 7.54. The predicted octanol–water partition coefficient (Wildman–Crippen LogP) is 4.43. The Balaban J connectivity index is 2.32. The van der Waals surface area contributed by atoms with Crippen LogP contribution in [0.25, 0.3) is 0 Å². The van der Waals surface area contributed by atoms with E-state index in [2.05, 4.69) is 19.2 Å².